The molecule has 0 saturated heterocycles. The SMILES string of the molecule is COc1ccc(N(C)Cc2cc(CNC3CC3)co2)cc1. The van der Waals surface area contributed by atoms with Gasteiger partial charge in [0.05, 0.1) is 19.9 Å². The summed E-state index contributed by atoms with van der Waals surface area (Å²) in [6.45, 7) is 1.66. The van der Waals surface area contributed by atoms with Crippen LogP contribution in [0, 0.1) is 0 Å². The van der Waals surface area contributed by atoms with E-state index in [2.05, 4.69) is 35.5 Å². The first kappa shape index (κ1) is 14.0. The smallest absolute Gasteiger partial charge is 0.123 e. The zero-order valence-electron chi connectivity index (χ0n) is 12.6. The number of nitrogens with zero attached hydrogens (tertiary/aromatic N) is 1. The van der Waals surface area contributed by atoms with E-state index in [4.69, 9.17) is 9.15 Å². The quantitative estimate of drug-likeness (QED) is 0.848. The molecule has 1 heterocycles. The summed E-state index contributed by atoms with van der Waals surface area (Å²) in [7, 11) is 3.74. The van der Waals surface area contributed by atoms with Gasteiger partial charge in [0.1, 0.15) is 11.5 Å². The van der Waals surface area contributed by atoms with E-state index in [0.717, 1.165) is 36.3 Å². The molecular weight excluding hydrogens is 264 g/mol. The summed E-state index contributed by atoms with van der Waals surface area (Å²) < 4.78 is 10.8. The fraction of sp³-hybridized carbons (Fsp3) is 0.412. The van der Waals surface area contributed by atoms with Crippen LogP contribution < -0.4 is 15.0 Å². The van der Waals surface area contributed by atoms with Crippen LogP contribution in [-0.4, -0.2) is 20.2 Å². The lowest BCUT2D eigenvalue weighted by Gasteiger charge is -2.18. The predicted octanol–water partition coefficient (Wildman–Crippen LogP) is 3.18. The molecule has 2 aromatic rings. The van der Waals surface area contributed by atoms with Gasteiger partial charge in [-0.2, -0.15) is 0 Å². The first-order chi connectivity index (χ1) is 10.2. The van der Waals surface area contributed by atoms with Crippen molar-refractivity contribution >= 4 is 5.69 Å². The van der Waals surface area contributed by atoms with E-state index in [1.54, 1.807) is 7.11 Å². The van der Waals surface area contributed by atoms with Crippen molar-refractivity contribution in [1.29, 1.82) is 0 Å². The molecule has 4 heteroatoms. The van der Waals surface area contributed by atoms with Crippen molar-refractivity contribution in [2.45, 2.75) is 32.0 Å². The monoisotopic (exact) mass is 286 g/mol. The lowest BCUT2D eigenvalue weighted by molar-refractivity contribution is 0.415. The van der Waals surface area contributed by atoms with Gasteiger partial charge in [0, 0.05) is 30.9 Å². The normalized spacial score (nSPS) is 14.2. The molecule has 1 fully saturated rings. The Morgan fingerprint density at radius 3 is 2.71 bits per heavy atom. The fourth-order valence-corrected chi connectivity index (χ4v) is 2.31. The molecule has 1 aliphatic rings. The van der Waals surface area contributed by atoms with Gasteiger partial charge in [-0.1, -0.05) is 0 Å². The first-order valence-corrected chi connectivity index (χ1v) is 7.39. The molecule has 1 N–H and O–H groups in total. The number of methoxy groups -OCH3 is 1. The van der Waals surface area contributed by atoms with E-state index in [1.165, 1.54) is 18.4 Å². The van der Waals surface area contributed by atoms with E-state index in [9.17, 15) is 0 Å². The van der Waals surface area contributed by atoms with Crippen LogP contribution in [0.2, 0.25) is 0 Å². The average Bonchev–Trinajstić information content (AvgIpc) is 3.25. The highest BCUT2D eigenvalue weighted by Gasteiger charge is 2.20. The second-order valence-electron chi connectivity index (χ2n) is 5.63. The highest BCUT2D eigenvalue weighted by molar-refractivity contribution is 5.48. The van der Waals surface area contributed by atoms with Gasteiger partial charge in [0.2, 0.25) is 0 Å². The maximum absolute atomic E-state index is 5.65. The lowest BCUT2D eigenvalue weighted by atomic mass is 10.2. The van der Waals surface area contributed by atoms with Crippen molar-refractivity contribution in [1.82, 2.24) is 5.32 Å². The van der Waals surface area contributed by atoms with Crippen LogP contribution >= 0.6 is 0 Å². The van der Waals surface area contributed by atoms with Crippen LogP contribution in [0.4, 0.5) is 5.69 Å². The Bertz CT molecular complexity index is 573. The number of rotatable bonds is 7. The van der Waals surface area contributed by atoms with Gasteiger partial charge in [-0.15, -0.1) is 0 Å². The maximum Gasteiger partial charge on any atom is 0.123 e. The lowest BCUT2D eigenvalue weighted by Crippen LogP contribution is -2.16. The Labute approximate surface area is 125 Å². The number of anilines is 1. The molecule has 1 aliphatic carbocycles. The zero-order chi connectivity index (χ0) is 14.7. The van der Waals surface area contributed by atoms with E-state index >= 15 is 0 Å². The molecule has 0 bridgehead atoms. The van der Waals surface area contributed by atoms with E-state index in [0.29, 0.717) is 0 Å². The third-order valence-corrected chi connectivity index (χ3v) is 3.79. The fourth-order valence-electron chi connectivity index (χ4n) is 2.31. The van der Waals surface area contributed by atoms with Crippen molar-refractivity contribution in [3.8, 4) is 5.75 Å². The maximum atomic E-state index is 5.65. The molecule has 0 amide bonds. The molecule has 3 rings (SSSR count). The minimum atomic E-state index is 0.727. The van der Waals surface area contributed by atoms with Crippen LogP contribution in [0.1, 0.15) is 24.2 Å². The number of hydrogen-bond donors (Lipinski definition) is 1. The second kappa shape index (κ2) is 6.22. The summed E-state index contributed by atoms with van der Waals surface area (Å²) in [5, 5.41) is 3.50. The molecule has 1 saturated carbocycles. The molecule has 1 aromatic carbocycles. The molecule has 0 radical (unpaired) electrons. The number of ether oxygens (including phenoxy) is 1. The van der Waals surface area contributed by atoms with E-state index in [-0.39, 0.29) is 0 Å². The van der Waals surface area contributed by atoms with Gasteiger partial charge in [0.15, 0.2) is 0 Å². The van der Waals surface area contributed by atoms with Crippen molar-refractivity contribution in [2.75, 3.05) is 19.1 Å². The predicted molar refractivity (Wildman–Crippen MR) is 83.7 cm³/mol. The third kappa shape index (κ3) is 3.79. The van der Waals surface area contributed by atoms with Crippen molar-refractivity contribution in [2.24, 2.45) is 0 Å². The number of benzene rings is 1. The molecule has 0 aliphatic heterocycles. The van der Waals surface area contributed by atoms with Crippen molar-refractivity contribution in [3.63, 3.8) is 0 Å². The minimum absolute atomic E-state index is 0.727. The van der Waals surface area contributed by atoms with Crippen LogP contribution in [0.25, 0.3) is 0 Å². The standard InChI is InChI=1S/C17H22N2O2/c1-19(15-5-7-16(20-2)8-6-15)11-17-9-13(12-21-17)10-18-14-3-4-14/h5-9,12,14,18H,3-4,10-11H2,1-2H3. The van der Waals surface area contributed by atoms with Gasteiger partial charge in [-0.05, 0) is 43.2 Å². The van der Waals surface area contributed by atoms with E-state index < -0.39 is 0 Å². The van der Waals surface area contributed by atoms with Crippen LogP contribution in [0.3, 0.4) is 0 Å². The molecule has 0 atom stereocenters. The molecular formula is C17H22N2O2. The number of nitrogens with one attached hydrogen (secondary N) is 1. The molecule has 4 nitrogen and oxygen atoms in total. The highest BCUT2D eigenvalue weighted by atomic mass is 16.5. The highest BCUT2D eigenvalue weighted by Crippen LogP contribution is 2.22. The summed E-state index contributed by atoms with van der Waals surface area (Å²) in [5.74, 6) is 1.86. The van der Waals surface area contributed by atoms with Crippen molar-refractivity contribution < 1.29 is 9.15 Å². The molecule has 1 aromatic heterocycles. The largest absolute Gasteiger partial charge is 0.497 e. The Morgan fingerprint density at radius 2 is 2.05 bits per heavy atom. The Balaban J connectivity index is 1.56. The van der Waals surface area contributed by atoms with Gasteiger partial charge in [0.25, 0.3) is 0 Å². The molecule has 0 spiro atoms. The summed E-state index contributed by atoms with van der Waals surface area (Å²) in [6, 6.07) is 10.9. The molecule has 0 unspecified atom stereocenters. The van der Waals surface area contributed by atoms with Gasteiger partial charge in [-0.25, -0.2) is 0 Å². The average molecular weight is 286 g/mol. The van der Waals surface area contributed by atoms with Gasteiger partial charge < -0.3 is 19.4 Å². The summed E-state index contributed by atoms with van der Waals surface area (Å²) in [5.41, 5.74) is 2.37. The molecule has 112 valence electrons. The van der Waals surface area contributed by atoms with Gasteiger partial charge >= 0.3 is 0 Å². The second-order valence-corrected chi connectivity index (χ2v) is 5.63. The third-order valence-electron chi connectivity index (χ3n) is 3.79. The topological polar surface area (TPSA) is 37.6 Å². The van der Waals surface area contributed by atoms with Crippen molar-refractivity contribution in [3.05, 3.63) is 47.9 Å². The summed E-state index contributed by atoms with van der Waals surface area (Å²) >= 11 is 0. The van der Waals surface area contributed by atoms with Crippen LogP contribution in [0.15, 0.2) is 41.0 Å². The first-order valence-electron chi connectivity index (χ1n) is 7.39. The Kier molecular flexibility index (Phi) is 4.15. The Morgan fingerprint density at radius 1 is 1.29 bits per heavy atom. The summed E-state index contributed by atoms with van der Waals surface area (Å²) in [4.78, 5) is 2.16. The minimum Gasteiger partial charge on any atom is -0.497 e. The van der Waals surface area contributed by atoms with Crippen LogP contribution in [0.5, 0.6) is 5.75 Å². The Hall–Kier alpha value is -1.94. The molecule has 21 heavy (non-hydrogen) atoms. The van der Waals surface area contributed by atoms with Crippen LogP contribution in [-0.2, 0) is 13.1 Å². The zero-order valence-corrected chi connectivity index (χ0v) is 12.6. The number of furan rings is 1. The van der Waals surface area contributed by atoms with Gasteiger partial charge in [-0.3, -0.25) is 0 Å². The van der Waals surface area contributed by atoms with E-state index in [1.807, 2.05) is 18.4 Å². The number of hydrogen-bond acceptors (Lipinski definition) is 4. The summed E-state index contributed by atoms with van der Waals surface area (Å²) in [6.07, 6.45) is 4.47.